The molecule has 0 aliphatic heterocycles. The predicted molar refractivity (Wildman–Crippen MR) is 80.7 cm³/mol. The molecule has 2 rings (SSSR count). The van der Waals surface area contributed by atoms with Crippen molar-refractivity contribution in [3.63, 3.8) is 0 Å². The van der Waals surface area contributed by atoms with Gasteiger partial charge in [0.05, 0.1) is 4.47 Å². The van der Waals surface area contributed by atoms with Gasteiger partial charge in [0.1, 0.15) is 11.5 Å². The molecule has 0 radical (unpaired) electrons. The zero-order valence-corrected chi connectivity index (χ0v) is 12.5. The Morgan fingerprint density at radius 2 is 1.79 bits per heavy atom. The first-order valence-electron chi connectivity index (χ1n) is 6.00. The summed E-state index contributed by atoms with van der Waals surface area (Å²) < 4.78 is 0.676. The third-order valence-corrected chi connectivity index (χ3v) is 3.81. The van der Waals surface area contributed by atoms with Crippen LogP contribution in [0.4, 0.5) is 5.69 Å². The molecule has 2 aromatic carbocycles. The predicted octanol–water partition coefficient (Wildman–Crippen LogP) is 4.09. The maximum Gasteiger partial charge on any atom is 0.134 e. The Bertz CT molecular complexity index is 611. The summed E-state index contributed by atoms with van der Waals surface area (Å²) in [5.41, 5.74) is 3.33. The number of nitrogens with one attached hydrogen (secondary N) is 1. The van der Waals surface area contributed by atoms with E-state index in [4.69, 9.17) is 0 Å². The molecule has 0 fully saturated rings. The van der Waals surface area contributed by atoms with E-state index in [0.29, 0.717) is 16.8 Å². The summed E-state index contributed by atoms with van der Waals surface area (Å²) in [5, 5.41) is 23.0. The SMILES string of the molecule is Cc1ccc(NCc2cccc(Br)c2O)c(C)c1O. The summed E-state index contributed by atoms with van der Waals surface area (Å²) in [6.45, 7) is 4.23. The Kier molecular flexibility index (Phi) is 4.00. The number of phenols is 2. The van der Waals surface area contributed by atoms with Gasteiger partial charge >= 0.3 is 0 Å². The van der Waals surface area contributed by atoms with E-state index in [1.165, 1.54) is 0 Å². The van der Waals surface area contributed by atoms with Crippen LogP contribution in [0.3, 0.4) is 0 Å². The first-order valence-corrected chi connectivity index (χ1v) is 6.79. The van der Waals surface area contributed by atoms with Gasteiger partial charge in [-0.3, -0.25) is 0 Å². The number of hydrogen-bond acceptors (Lipinski definition) is 3. The van der Waals surface area contributed by atoms with E-state index in [0.717, 1.165) is 22.4 Å². The van der Waals surface area contributed by atoms with Gasteiger partial charge in [0, 0.05) is 23.4 Å². The molecule has 3 N–H and O–H groups in total. The number of benzene rings is 2. The van der Waals surface area contributed by atoms with E-state index < -0.39 is 0 Å². The molecule has 0 unspecified atom stereocenters. The van der Waals surface area contributed by atoms with Gasteiger partial charge < -0.3 is 15.5 Å². The Balaban J connectivity index is 2.20. The number of para-hydroxylation sites is 1. The third-order valence-electron chi connectivity index (χ3n) is 3.17. The minimum Gasteiger partial charge on any atom is -0.507 e. The molecule has 0 atom stereocenters. The number of phenolic OH excluding ortho intramolecular Hbond substituents is 2. The van der Waals surface area contributed by atoms with Gasteiger partial charge in [0.2, 0.25) is 0 Å². The average molecular weight is 322 g/mol. The van der Waals surface area contributed by atoms with Gasteiger partial charge in [-0.15, -0.1) is 0 Å². The van der Waals surface area contributed by atoms with Crippen molar-refractivity contribution in [1.29, 1.82) is 0 Å². The Hall–Kier alpha value is -1.68. The molecule has 3 nitrogen and oxygen atoms in total. The maximum absolute atomic E-state index is 9.91. The number of aromatic hydroxyl groups is 2. The molecule has 4 heteroatoms. The minimum atomic E-state index is 0.240. The first kappa shape index (κ1) is 13.7. The van der Waals surface area contributed by atoms with E-state index in [-0.39, 0.29) is 5.75 Å². The summed E-state index contributed by atoms with van der Waals surface area (Å²) in [6, 6.07) is 9.32. The molecule has 0 aromatic heterocycles. The zero-order valence-electron chi connectivity index (χ0n) is 10.9. The van der Waals surface area contributed by atoms with Gasteiger partial charge in [-0.05, 0) is 47.5 Å². The fourth-order valence-electron chi connectivity index (χ4n) is 1.92. The molecule has 19 heavy (non-hydrogen) atoms. The standard InChI is InChI=1S/C15H16BrNO2/c1-9-6-7-13(10(2)14(9)18)17-8-11-4-3-5-12(16)15(11)19/h3-7,17-19H,8H2,1-2H3. The molecule has 0 aliphatic rings. The van der Waals surface area contributed by atoms with Crippen LogP contribution in [0.15, 0.2) is 34.8 Å². The lowest BCUT2D eigenvalue weighted by atomic mass is 10.1. The lowest BCUT2D eigenvalue weighted by molar-refractivity contribution is 0.465. The van der Waals surface area contributed by atoms with Crippen molar-refractivity contribution < 1.29 is 10.2 Å². The van der Waals surface area contributed by atoms with Gasteiger partial charge in [-0.25, -0.2) is 0 Å². The molecule has 0 amide bonds. The van der Waals surface area contributed by atoms with E-state index in [1.807, 2.05) is 38.1 Å². The van der Waals surface area contributed by atoms with Crippen molar-refractivity contribution in [2.45, 2.75) is 20.4 Å². The maximum atomic E-state index is 9.91. The number of rotatable bonds is 3. The van der Waals surface area contributed by atoms with Crippen molar-refractivity contribution in [3.8, 4) is 11.5 Å². The van der Waals surface area contributed by atoms with Crippen LogP contribution in [-0.2, 0) is 6.54 Å². The van der Waals surface area contributed by atoms with Crippen molar-refractivity contribution >= 4 is 21.6 Å². The van der Waals surface area contributed by atoms with Crippen LogP contribution in [-0.4, -0.2) is 10.2 Å². The minimum absolute atomic E-state index is 0.240. The summed E-state index contributed by atoms with van der Waals surface area (Å²) >= 11 is 3.29. The highest BCUT2D eigenvalue weighted by Crippen LogP contribution is 2.30. The number of aryl methyl sites for hydroxylation is 1. The van der Waals surface area contributed by atoms with Crippen molar-refractivity contribution in [1.82, 2.24) is 0 Å². The lowest BCUT2D eigenvalue weighted by Gasteiger charge is -2.13. The van der Waals surface area contributed by atoms with Crippen LogP contribution in [0.5, 0.6) is 11.5 Å². The lowest BCUT2D eigenvalue weighted by Crippen LogP contribution is -2.02. The molecular weight excluding hydrogens is 306 g/mol. The highest BCUT2D eigenvalue weighted by molar-refractivity contribution is 9.10. The van der Waals surface area contributed by atoms with Crippen molar-refractivity contribution in [2.24, 2.45) is 0 Å². The van der Waals surface area contributed by atoms with E-state index >= 15 is 0 Å². The summed E-state index contributed by atoms with van der Waals surface area (Å²) in [6.07, 6.45) is 0. The molecular formula is C15H16BrNO2. The summed E-state index contributed by atoms with van der Waals surface area (Å²) in [5.74, 6) is 0.549. The Labute approximate surface area is 121 Å². The number of anilines is 1. The van der Waals surface area contributed by atoms with Crippen LogP contribution in [0.2, 0.25) is 0 Å². The van der Waals surface area contributed by atoms with Crippen LogP contribution in [0.1, 0.15) is 16.7 Å². The number of halogens is 1. The van der Waals surface area contributed by atoms with Gasteiger partial charge in [0.15, 0.2) is 0 Å². The van der Waals surface area contributed by atoms with Crippen LogP contribution >= 0.6 is 15.9 Å². The molecule has 0 heterocycles. The van der Waals surface area contributed by atoms with Crippen molar-refractivity contribution in [2.75, 3.05) is 5.32 Å². The summed E-state index contributed by atoms with van der Waals surface area (Å²) in [7, 11) is 0. The molecule has 100 valence electrons. The van der Waals surface area contributed by atoms with E-state index in [2.05, 4.69) is 21.2 Å². The molecule has 0 saturated carbocycles. The van der Waals surface area contributed by atoms with Crippen LogP contribution in [0, 0.1) is 13.8 Å². The topological polar surface area (TPSA) is 52.5 Å². The fraction of sp³-hybridized carbons (Fsp3) is 0.200. The number of hydrogen-bond donors (Lipinski definition) is 3. The average Bonchev–Trinajstić information content (AvgIpc) is 2.40. The Morgan fingerprint density at radius 3 is 2.53 bits per heavy atom. The van der Waals surface area contributed by atoms with E-state index in [9.17, 15) is 10.2 Å². The van der Waals surface area contributed by atoms with Crippen LogP contribution in [0.25, 0.3) is 0 Å². The monoisotopic (exact) mass is 321 g/mol. The second-order valence-electron chi connectivity index (χ2n) is 4.50. The summed E-state index contributed by atoms with van der Waals surface area (Å²) in [4.78, 5) is 0. The Morgan fingerprint density at radius 1 is 1.05 bits per heavy atom. The molecule has 2 aromatic rings. The smallest absolute Gasteiger partial charge is 0.134 e. The molecule has 0 saturated heterocycles. The highest BCUT2D eigenvalue weighted by Gasteiger charge is 2.08. The second kappa shape index (κ2) is 5.53. The fourth-order valence-corrected chi connectivity index (χ4v) is 2.33. The van der Waals surface area contributed by atoms with Gasteiger partial charge in [-0.1, -0.05) is 18.2 Å². The van der Waals surface area contributed by atoms with Gasteiger partial charge in [-0.2, -0.15) is 0 Å². The van der Waals surface area contributed by atoms with Gasteiger partial charge in [0.25, 0.3) is 0 Å². The molecule has 0 aliphatic carbocycles. The highest BCUT2D eigenvalue weighted by atomic mass is 79.9. The molecule has 0 bridgehead atoms. The molecule has 0 spiro atoms. The largest absolute Gasteiger partial charge is 0.507 e. The second-order valence-corrected chi connectivity index (χ2v) is 5.36. The third kappa shape index (κ3) is 2.84. The van der Waals surface area contributed by atoms with E-state index in [1.54, 1.807) is 6.07 Å². The quantitative estimate of drug-likeness (QED) is 0.798. The normalized spacial score (nSPS) is 10.5. The van der Waals surface area contributed by atoms with Crippen molar-refractivity contribution in [3.05, 3.63) is 51.5 Å². The first-order chi connectivity index (χ1) is 9.00. The zero-order chi connectivity index (χ0) is 14.0. The van der Waals surface area contributed by atoms with Crippen LogP contribution < -0.4 is 5.32 Å².